The minimum absolute atomic E-state index is 0.167. The van der Waals surface area contributed by atoms with E-state index >= 15 is 0 Å². The molecule has 0 aromatic carbocycles. The topological polar surface area (TPSA) is 38.8 Å². The van der Waals surface area contributed by atoms with Crippen LogP contribution in [0.3, 0.4) is 0 Å². The van der Waals surface area contributed by atoms with Gasteiger partial charge in [-0.15, -0.1) is 0 Å². The second-order valence-electron chi connectivity index (χ2n) is 5.91. The fourth-order valence-corrected chi connectivity index (χ4v) is 2.02. The Morgan fingerprint density at radius 1 is 1.33 bits per heavy atom. The van der Waals surface area contributed by atoms with Gasteiger partial charge in [-0.05, 0) is 46.5 Å². The van der Waals surface area contributed by atoms with E-state index in [9.17, 15) is 4.79 Å². The van der Waals surface area contributed by atoms with Crippen LogP contribution in [-0.2, 0) is 9.47 Å². The minimum atomic E-state index is -0.427. The summed E-state index contributed by atoms with van der Waals surface area (Å²) in [5.41, 5.74) is -0.427. The van der Waals surface area contributed by atoms with Gasteiger partial charge >= 0.3 is 6.09 Å². The summed E-state index contributed by atoms with van der Waals surface area (Å²) in [6.45, 7) is 10.0. The van der Waals surface area contributed by atoms with Crippen LogP contribution < -0.4 is 0 Å². The molecule has 0 radical (unpaired) electrons. The molecular weight excluding hydrogens is 230 g/mol. The third-order valence-corrected chi connectivity index (χ3v) is 2.84. The van der Waals surface area contributed by atoms with E-state index in [1.807, 2.05) is 20.8 Å². The molecule has 1 rings (SSSR count). The normalized spacial score (nSPS) is 21.6. The Bertz CT molecular complexity index is 260. The second kappa shape index (κ2) is 6.98. The van der Waals surface area contributed by atoms with E-state index in [4.69, 9.17) is 9.47 Å². The van der Waals surface area contributed by atoms with Crippen LogP contribution in [0.4, 0.5) is 4.79 Å². The maximum absolute atomic E-state index is 12.0. The molecule has 0 aliphatic carbocycles. The molecule has 0 spiro atoms. The van der Waals surface area contributed by atoms with Crippen LogP contribution in [0, 0.1) is 0 Å². The number of ether oxygens (including phenoxy) is 2. The van der Waals surface area contributed by atoms with Gasteiger partial charge in [0.15, 0.2) is 0 Å². The van der Waals surface area contributed by atoms with Crippen LogP contribution in [0.25, 0.3) is 0 Å². The quantitative estimate of drug-likeness (QED) is 0.779. The van der Waals surface area contributed by atoms with Crippen LogP contribution in [0.5, 0.6) is 0 Å². The molecule has 0 N–H and O–H groups in total. The van der Waals surface area contributed by atoms with Crippen molar-refractivity contribution in [2.24, 2.45) is 0 Å². The van der Waals surface area contributed by atoms with Gasteiger partial charge in [0.25, 0.3) is 0 Å². The van der Waals surface area contributed by atoms with Gasteiger partial charge < -0.3 is 14.4 Å². The lowest BCUT2D eigenvalue weighted by Crippen LogP contribution is -2.40. The highest BCUT2D eigenvalue weighted by molar-refractivity contribution is 5.68. The zero-order valence-electron chi connectivity index (χ0n) is 12.2. The average molecular weight is 257 g/mol. The molecule has 1 fully saturated rings. The molecule has 0 unspecified atom stereocenters. The van der Waals surface area contributed by atoms with Crippen molar-refractivity contribution in [2.75, 3.05) is 19.7 Å². The van der Waals surface area contributed by atoms with Crippen molar-refractivity contribution in [3.05, 3.63) is 0 Å². The number of hydrogen-bond donors (Lipinski definition) is 0. The Balaban J connectivity index is 2.50. The molecule has 1 heterocycles. The molecule has 18 heavy (non-hydrogen) atoms. The van der Waals surface area contributed by atoms with Crippen LogP contribution >= 0.6 is 0 Å². The summed E-state index contributed by atoms with van der Waals surface area (Å²) in [5.74, 6) is 0. The first kappa shape index (κ1) is 15.3. The smallest absolute Gasteiger partial charge is 0.410 e. The molecule has 1 saturated heterocycles. The number of hydrogen-bond acceptors (Lipinski definition) is 3. The third kappa shape index (κ3) is 5.71. The maximum atomic E-state index is 12.0. The lowest BCUT2D eigenvalue weighted by Gasteiger charge is -2.28. The van der Waals surface area contributed by atoms with E-state index in [0.717, 1.165) is 38.8 Å². The predicted molar refractivity (Wildman–Crippen MR) is 71.7 cm³/mol. The number of rotatable bonds is 3. The molecular formula is C14H27NO3. The zero-order valence-corrected chi connectivity index (χ0v) is 12.2. The van der Waals surface area contributed by atoms with Crippen LogP contribution in [-0.4, -0.2) is 42.4 Å². The fraction of sp³-hybridized carbons (Fsp3) is 0.929. The lowest BCUT2D eigenvalue weighted by atomic mass is 10.2. The van der Waals surface area contributed by atoms with Gasteiger partial charge in [0, 0.05) is 13.2 Å². The van der Waals surface area contributed by atoms with Crippen molar-refractivity contribution >= 4 is 6.09 Å². The summed E-state index contributed by atoms with van der Waals surface area (Å²) in [5, 5.41) is 0. The lowest BCUT2D eigenvalue weighted by molar-refractivity contribution is 0.00133. The molecule has 1 amide bonds. The third-order valence-electron chi connectivity index (χ3n) is 2.84. The van der Waals surface area contributed by atoms with Gasteiger partial charge in [0.05, 0.1) is 12.6 Å². The number of amides is 1. The van der Waals surface area contributed by atoms with Gasteiger partial charge in [-0.2, -0.15) is 0 Å². The average Bonchev–Trinajstić information content (AvgIpc) is 2.49. The summed E-state index contributed by atoms with van der Waals surface area (Å²) in [6.07, 6.45) is 4.16. The molecule has 0 aromatic heterocycles. The van der Waals surface area contributed by atoms with Gasteiger partial charge in [0.2, 0.25) is 0 Å². The summed E-state index contributed by atoms with van der Waals surface area (Å²) >= 11 is 0. The molecule has 106 valence electrons. The first-order valence-corrected chi connectivity index (χ1v) is 7.02. The van der Waals surface area contributed by atoms with Crippen molar-refractivity contribution < 1.29 is 14.3 Å². The predicted octanol–water partition coefficient (Wildman–Crippen LogP) is 3.20. The molecule has 0 saturated carbocycles. The Hall–Kier alpha value is -0.770. The van der Waals surface area contributed by atoms with Crippen molar-refractivity contribution in [2.45, 2.75) is 65.1 Å². The van der Waals surface area contributed by atoms with Gasteiger partial charge in [-0.25, -0.2) is 4.79 Å². The van der Waals surface area contributed by atoms with E-state index in [-0.39, 0.29) is 12.2 Å². The molecule has 4 heteroatoms. The van der Waals surface area contributed by atoms with E-state index in [1.165, 1.54) is 0 Å². The van der Waals surface area contributed by atoms with E-state index in [2.05, 4.69) is 6.92 Å². The highest BCUT2D eigenvalue weighted by atomic mass is 16.6. The molecule has 0 aromatic rings. The fourth-order valence-electron chi connectivity index (χ4n) is 2.02. The first-order chi connectivity index (χ1) is 8.42. The maximum Gasteiger partial charge on any atom is 0.410 e. The van der Waals surface area contributed by atoms with E-state index < -0.39 is 5.60 Å². The van der Waals surface area contributed by atoms with Crippen molar-refractivity contribution in [1.82, 2.24) is 4.90 Å². The Kier molecular flexibility index (Phi) is 5.93. The SMILES string of the molecule is CCCO[C@@H]1CCCCN(C(=O)OC(C)(C)C)C1. The highest BCUT2D eigenvalue weighted by Gasteiger charge is 2.26. The van der Waals surface area contributed by atoms with E-state index in [0.29, 0.717) is 6.54 Å². The highest BCUT2D eigenvalue weighted by Crippen LogP contribution is 2.17. The number of carbonyl (C=O) groups excluding carboxylic acids is 1. The van der Waals surface area contributed by atoms with Gasteiger partial charge in [-0.1, -0.05) is 6.92 Å². The molecule has 1 aliphatic heterocycles. The molecule has 1 aliphatic rings. The van der Waals surface area contributed by atoms with Crippen molar-refractivity contribution in [3.8, 4) is 0 Å². The first-order valence-electron chi connectivity index (χ1n) is 7.02. The largest absolute Gasteiger partial charge is 0.444 e. The summed E-state index contributed by atoms with van der Waals surface area (Å²) in [7, 11) is 0. The standard InChI is InChI=1S/C14H27NO3/c1-5-10-17-12-8-6-7-9-15(11-12)13(16)18-14(2,3)4/h12H,5-11H2,1-4H3/t12-/m1/s1. The molecule has 0 bridgehead atoms. The van der Waals surface area contributed by atoms with E-state index in [1.54, 1.807) is 4.90 Å². The second-order valence-corrected chi connectivity index (χ2v) is 5.91. The Morgan fingerprint density at radius 2 is 2.06 bits per heavy atom. The Labute approximate surface area is 111 Å². The molecule has 4 nitrogen and oxygen atoms in total. The van der Waals surface area contributed by atoms with Crippen LogP contribution in [0.15, 0.2) is 0 Å². The monoisotopic (exact) mass is 257 g/mol. The minimum Gasteiger partial charge on any atom is -0.444 e. The number of likely N-dealkylation sites (tertiary alicyclic amines) is 1. The Morgan fingerprint density at radius 3 is 2.67 bits per heavy atom. The van der Waals surface area contributed by atoms with Gasteiger partial charge in [0.1, 0.15) is 5.60 Å². The van der Waals surface area contributed by atoms with Crippen LogP contribution in [0.1, 0.15) is 53.4 Å². The van der Waals surface area contributed by atoms with Crippen molar-refractivity contribution in [3.63, 3.8) is 0 Å². The van der Waals surface area contributed by atoms with Gasteiger partial charge in [-0.3, -0.25) is 0 Å². The summed E-state index contributed by atoms with van der Waals surface area (Å²) in [6, 6.07) is 0. The summed E-state index contributed by atoms with van der Waals surface area (Å²) in [4.78, 5) is 13.8. The number of nitrogens with zero attached hydrogens (tertiary/aromatic N) is 1. The zero-order chi connectivity index (χ0) is 13.6. The molecule has 1 atom stereocenters. The number of carbonyl (C=O) groups is 1. The van der Waals surface area contributed by atoms with Crippen molar-refractivity contribution in [1.29, 1.82) is 0 Å². The summed E-state index contributed by atoms with van der Waals surface area (Å²) < 4.78 is 11.2. The van der Waals surface area contributed by atoms with Crippen LogP contribution in [0.2, 0.25) is 0 Å².